The minimum atomic E-state index is 0.140. The van der Waals surface area contributed by atoms with Crippen LogP contribution in [0.15, 0.2) is 29.3 Å². The average Bonchev–Trinajstić information content (AvgIpc) is 2.58. The fraction of sp³-hybridized carbons (Fsp3) is 0.421. The average molecular weight is 339 g/mol. The van der Waals surface area contributed by atoms with Gasteiger partial charge in [-0.1, -0.05) is 30.8 Å². The van der Waals surface area contributed by atoms with Gasteiger partial charge in [0.1, 0.15) is 11.1 Å². The molecule has 2 aromatic rings. The zero-order chi connectivity index (χ0) is 17.1. The summed E-state index contributed by atoms with van der Waals surface area (Å²) in [6.45, 7) is 5.90. The highest BCUT2D eigenvalue weighted by Gasteiger charge is 2.21. The number of hydrogen-bond donors (Lipinski definition) is 0. The van der Waals surface area contributed by atoms with E-state index in [0.29, 0.717) is 22.3 Å². The van der Waals surface area contributed by atoms with Gasteiger partial charge in [-0.15, -0.1) is 0 Å². The van der Waals surface area contributed by atoms with E-state index in [2.05, 4.69) is 18.0 Å². The molecular formula is C19H21N3OS. The van der Waals surface area contributed by atoms with Gasteiger partial charge in [0.15, 0.2) is 0 Å². The van der Waals surface area contributed by atoms with Gasteiger partial charge in [0.05, 0.1) is 16.8 Å². The highest BCUT2D eigenvalue weighted by molar-refractivity contribution is 8.00. The Balaban J connectivity index is 1.76. The van der Waals surface area contributed by atoms with E-state index in [1.165, 1.54) is 18.2 Å². The molecule has 0 N–H and O–H groups in total. The summed E-state index contributed by atoms with van der Waals surface area (Å²) in [6, 6.07) is 10.1. The summed E-state index contributed by atoms with van der Waals surface area (Å²) in [7, 11) is 0. The summed E-state index contributed by atoms with van der Waals surface area (Å²) in [5.41, 5.74) is 2.54. The Hall–Kier alpha value is -2.06. The first kappa shape index (κ1) is 16.8. The van der Waals surface area contributed by atoms with Crippen molar-refractivity contribution in [1.82, 2.24) is 9.88 Å². The molecule has 1 amide bonds. The summed E-state index contributed by atoms with van der Waals surface area (Å²) in [5, 5.41) is 11.0. The molecule has 3 rings (SSSR count). The van der Waals surface area contributed by atoms with Crippen molar-refractivity contribution in [3.63, 3.8) is 0 Å². The van der Waals surface area contributed by atoms with E-state index in [-0.39, 0.29) is 5.91 Å². The molecule has 1 aliphatic rings. The fourth-order valence-electron chi connectivity index (χ4n) is 3.09. The third-order valence-corrected chi connectivity index (χ3v) is 5.38. The lowest BCUT2D eigenvalue weighted by atomic mass is 10.0. The van der Waals surface area contributed by atoms with Crippen LogP contribution in [0.1, 0.15) is 30.9 Å². The first-order valence-corrected chi connectivity index (χ1v) is 9.27. The predicted octanol–water partition coefficient (Wildman–Crippen LogP) is 3.77. The monoisotopic (exact) mass is 339 g/mol. The zero-order valence-corrected chi connectivity index (χ0v) is 14.9. The molecule has 1 saturated heterocycles. The van der Waals surface area contributed by atoms with Crippen LogP contribution >= 0.6 is 11.8 Å². The maximum absolute atomic E-state index is 12.4. The normalized spacial score (nSPS) is 17.7. The van der Waals surface area contributed by atoms with Gasteiger partial charge in [-0.3, -0.25) is 4.79 Å². The minimum Gasteiger partial charge on any atom is -0.342 e. The lowest BCUT2D eigenvalue weighted by Crippen LogP contribution is -2.40. The van der Waals surface area contributed by atoms with E-state index in [1.807, 2.05) is 36.1 Å². The maximum Gasteiger partial charge on any atom is 0.232 e. The van der Waals surface area contributed by atoms with Crippen molar-refractivity contribution in [3.05, 3.63) is 35.4 Å². The Bertz CT molecular complexity index is 812. The molecule has 0 saturated carbocycles. The lowest BCUT2D eigenvalue weighted by molar-refractivity contribution is -0.130. The quantitative estimate of drug-likeness (QED) is 0.799. The molecule has 0 bridgehead atoms. The number of nitriles is 1. The Morgan fingerprint density at radius 2 is 2.29 bits per heavy atom. The molecule has 1 aromatic carbocycles. The molecular weight excluding hydrogens is 318 g/mol. The van der Waals surface area contributed by atoms with Crippen molar-refractivity contribution < 1.29 is 4.79 Å². The number of aromatic nitrogens is 1. The van der Waals surface area contributed by atoms with E-state index in [1.54, 1.807) is 0 Å². The van der Waals surface area contributed by atoms with Crippen LogP contribution in [0.2, 0.25) is 0 Å². The van der Waals surface area contributed by atoms with Gasteiger partial charge >= 0.3 is 0 Å². The second-order valence-corrected chi connectivity index (χ2v) is 7.49. The second kappa shape index (κ2) is 7.23. The SMILES string of the molecule is Cc1ccc2cc(C#N)c(SCC(=O)N3CCC[C@@H](C)C3)nc2c1. The van der Waals surface area contributed by atoms with Crippen LogP contribution in [0.5, 0.6) is 0 Å². The Labute approximate surface area is 146 Å². The van der Waals surface area contributed by atoms with Crippen molar-refractivity contribution in [3.8, 4) is 6.07 Å². The number of carbonyl (C=O) groups excluding carboxylic acids is 1. The van der Waals surface area contributed by atoms with Crippen LogP contribution < -0.4 is 0 Å². The van der Waals surface area contributed by atoms with E-state index >= 15 is 0 Å². The minimum absolute atomic E-state index is 0.140. The molecule has 24 heavy (non-hydrogen) atoms. The van der Waals surface area contributed by atoms with Gasteiger partial charge in [-0.05, 0) is 43.4 Å². The number of fused-ring (bicyclic) bond motifs is 1. The second-order valence-electron chi connectivity index (χ2n) is 6.52. The van der Waals surface area contributed by atoms with Gasteiger partial charge in [-0.2, -0.15) is 5.26 Å². The Morgan fingerprint density at radius 3 is 3.04 bits per heavy atom. The number of aryl methyl sites for hydroxylation is 1. The van der Waals surface area contributed by atoms with Crippen molar-refractivity contribution in [2.75, 3.05) is 18.8 Å². The van der Waals surface area contributed by atoms with Gasteiger partial charge in [-0.25, -0.2) is 4.98 Å². The standard InChI is InChI=1S/C19H21N3OS/c1-13-5-6-15-9-16(10-20)19(21-17(15)8-13)24-12-18(23)22-7-3-4-14(2)11-22/h5-6,8-9,14H,3-4,7,11-12H2,1-2H3/t14-/m1/s1. The van der Waals surface area contributed by atoms with Crippen molar-refractivity contribution in [2.45, 2.75) is 31.7 Å². The number of amides is 1. The molecule has 4 nitrogen and oxygen atoms in total. The lowest BCUT2D eigenvalue weighted by Gasteiger charge is -2.30. The third kappa shape index (κ3) is 3.70. The topological polar surface area (TPSA) is 57.0 Å². The number of nitrogens with zero attached hydrogens (tertiary/aromatic N) is 3. The largest absolute Gasteiger partial charge is 0.342 e. The number of thioether (sulfide) groups is 1. The molecule has 1 aliphatic heterocycles. The van der Waals surface area contributed by atoms with Crippen LogP contribution in [0.25, 0.3) is 10.9 Å². The summed E-state index contributed by atoms with van der Waals surface area (Å²) < 4.78 is 0. The van der Waals surface area contributed by atoms with Crippen molar-refractivity contribution in [1.29, 1.82) is 5.26 Å². The molecule has 1 aromatic heterocycles. The first-order valence-electron chi connectivity index (χ1n) is 8.29. The van der Waals surface area contributed by atoms with Crippen LogP contribution in [-0.2, 0) is 4.79 Å². The number of benzene rings is 1. The van der Waals surface area contributed by atoms with E-state index in [0.717, 1.165) is 36.0 Å². The number of pyridine rings is 1. The smallest absolute Gasteiger partial charge is 0.232 e. The predicted molar refractivity (Wildman–Crippen MR) is 96.9 cm³/mol. The van der Waals surface area contributed by atoms with Crippen molar-refractivity contribution >= 4 is 28.6 Å². The molecule has 0 unspecified atom stereocenters. The molecule has 1 atom stereocenters. The van der Waals surface area contributed by atoms with Crippen LogP contribution in [-0.4, -0.2) is 34.6 Å². The van der Waals surface area contributed by atoms with E-state index in [9.17, 15) is 10.1 Å². The van der Waals surface area contributed by atoms with Gasteiger partial charge in [0.2, 0.25) is 5.91 Å². The maximum atomic E-state index is 12.4. The summed E-state index contributed by atoms with van der Waals surface area (Å²) in [5.74, 6) is 1.05. The number of likely N-dealkylation sites (tertiary alicyclic amines) is 1. The van der Waals surface area contributed by atoms with Gasteiger partial charge < -0.3 is 4.90 Å². The van der Waals surface area contributed by atoms with E-state index < -0.39 is 0 Å². The summed E-state index contributed by atoms with van der Waals surface area (Å²) in [4.78, 5) is 19.0. The summed E-state index contributed by atoms with van der Waals surface area (Å²) >= 11 is 1.37. The highest BCUT2D eigenvalue weighted by Crippen LogP contribution is 2.26. The highest BCUT2D eigenvalue weighted by atomic mass is 32.2. The van der Waals surface area contributed by atoms with Crippen LogP contribution in [0.4, 0.5) is 0 Å². The van der Waals surface area contributed by atoms with Gasteiger partial charge in [0, 0.05) is 18.5 Å². The van der Waals surface area contributed by atoms with Gasteiger partial charge in [0.25, 0.3) is 0 Å². The Kier molecular flexibility index (Phi) is 5.06. The number of carbonyl (C=O) groups is 1. The fourth-order valence-corrected chi connectivity index (χ4v) is 3.95. The third-order valence-electron chi connectivity index (χ3n) is 4.40. The molecule has 0 spiro atoms. The molecule has 124 valence electrons. The first-order chi connectivity index (χ1) is 11.6. The molecule has 0 aliphatic carbocycles. The number of hydrogen-bond acceptors (Lipinski definition) is 4. The number of piperidine rings is 1. The zero-order valence-electron chi connectivity index (χ0n) is 14.1. The number of rotatable bonds is 3. The van der Waals surface area contributed by atoms with Crippen molar-refractivity contribution in [2.24, 2.45) is 5.92 Å². The summed E-state index contributed by atoms with van der Waals surface area (Å²) in [6.07, 6.45) is 2.27. The molecule has 2 heterocycles. The van der Waals surface area contributed by atoms with Crippen LogP contribution in [0.3, 0.4) is 0 Å². The molecule has 1 fully saturated rings. The molecule has 5 heteroatoms. The van der Waals surface area contributed by atoms with Crippen LogP contribution in [0, 0.1) is 24.2 Å². The van der Waals surface area contributed by atoms with E-state index in [4.69, 9.17) is 0 Å². The molecule has 0 radical (unpaired) electrons. The Morgan fingerprint density at radius 1 is 1.46 bits per heavy atom.